The van der Waals surface area contributed by atoms with Gasteiger partial charge in [0, 0.05) is 5.56 Å². The maximum atomic E-state index is 12.8. The fraction of sp³-hybridized carbons (Fsp3) is 0.350. The molecule has 1 amide bonds. The van der Waals surface area contributed by atoms with E-state index in [0.29, 0.717) is 17.1 Å². The summed E-state index contributed by atoms with van der Waals surface area (Å²) in [6.07, 6.45) is 3.07. The number of carbonyl (C=O) groups is 1. The van der Waals surface area contributed by atoms with E-state index < -0.39 is 0 Å². The minimum atomic E-state index is -0.348. The van der Waals surface area contributed by atoms with Crippen molar-refractivity contribution in [2.24, 2.45) is 0 Å². The third kappa shape index (κ3) is 2.96. The second kappa shape index (κ2) is 6.56. The number of methoxy groups -OCH3 is 2. The second-order valence-electron chi connectivity index (χ2n) is 6.37. The number of amides is 1. The Hall–Kier alpha value is -2.49. The molecule has 126 valence electrons. The lowest BCUT2D eigenvalue weighted by Gasteiger charge is -2.37. The van der Waals surface area contributed by atoms with Crippen LogP contribution in [0.1, 0.15) is 41.3 Å². The average Bonchev–Trinajstić information content (AvgIpc) is 2.61. The number of rotatable bonds is 4. The number of carbonyl (C=O) groups excluding carboxylic acids is 1. The molecule has 0 aromatic heterocycles. The van der Waals surface area contributed by atoms with E-state index in [1.165, 1.54) is 11.1 Å². The first-order chi connectivity index (χ1) is 11.6. The number of benzene rings is 2. The molecule has 4 nitrogen and oxygen atoms in total. The molecule has 0 fully saturated rings. The van der Waals surface area contributed by atoms with Gasteiger partial charge in [0.2, 0.25) is 0 Å². The van der Waals surface area contributed by atoms with E-state index in [1.807, 2.05) is 6.07 Å². The van der Waals surface area contributed by atoms with Crippen LogP contribution in [0.2, 0.25) is 0 Å². The Balaban J connectivity index is 1.88. The van der Waals surface area contributed by atoms with Crippen LogP contribution in [0, 0.1) is 0 Å². The van der Waals surface area contributed by atoms with E-state index in [1.54, 1.807) is 32.4 Å². The second-order valence-corrected chi connectivity index (χ2v) is 6.37. The van der Waals surface area contributed by atoms with Crippen molar-refractivity contribution < 1.29 is 14.3 Å². The van der Waals surface area contributed by atoms with Gasteiger partial charge >= 0.3 is 0 Å². The molecule has 1 atom stereocenters. The SMILES string of the molecule is COc1ccc(C(=O)N[C@]2(C)CCCc3ccccc32)cc1OC. The molecule has 0 bridgehead atoms. The minimum absolute atomic E-state index is 0.102. The van der Waals surface area contributed by atoms with Gasteiger partial charge in [0.15, 0.2) is 11.5 Å². The molecule has 4 heteroatoms. The zero-order chi connectivity index (χ0) is 17.2. The van der Waals surface area contributed by atoms with Gasteiger partial charge in [-0.3, -0.25) is 4.79 Å². The van der Waals surface area contributed by atoms with Crippen molar-refractivity contribution in [2.75, 3.05) is 14.2 Å². The Morgan fingerprint density at radius 1 is 1.08 bits per heavy atom. The highest BCUT2D eigenvalue weighted by Gasteiger charge is 2.33. The van der Waals surface area contributed by atoms with E-state index in [0.717, 1.165) is 19.3 Å². The summed E-state index contributed by atoms with van der Waals surface area (Å²) in [5, 5.41) is 3.22. The molecule has 0 saturated heterocycles. The van der Waals surface area contributed by atoms with Crippen molar-refractivity contribution in [1.82, 2.24) is 5.32 Å². The highest BCUT2D eigenvalue weighted by atomic mass is 16.5. The van der Waals surface area contributed by atoms with Crippen LogP contribution in [0.25, 0.3) is 0 Å². The fourth-order valence-electron chi connectivity index (χ4n) is 3.47. The van der Waals surface area contributed by atoms with Gasteiger partial charge in [-0.25, -0.2) is 0 Å². The van der Waals surface area contributed by atoms with E-state index >= 15 is 0 Å². The van der Waals surface area contributed by atoms with Gasteiger partial charge in [0.25, 0.3) is 5.91 Å². The molecular weight excluding hydrogens is 302 g/mol. The maximum Gasteiger partial charge on any atom is 0.252 e. The molecule has 0 radical (unpaired) electrons. The first-order valence-electron chi connectivity index (χ1n) is 8.20. The molecule has 0 spiro atoms. The largest absolute Gasteiger partial charge is 0.493 e. The van der Waals surface area contributed by atoms with Gasteiger partial charge in [-0.2, -0.15) is 0 Å². The van der Waals surface area contributed by atoms with Gasteiger partial charge in [-0.05, 0) is 55.5 Å². The average molecular weight is 325 g/mol. The molecule has 1 aliphatic rings. The first kappa shape index (κ1) is 16.4. The van der Waals surface area contributed by atoms with Crippen molar-refractivity contribution in [2.45, 2.75) is 31.7 Å². The summed E-state index contributed by atoms with van der Waals surface area (Å²) in [5.41, 5.74) is 2.75. The Labute approximate surface area is 142 Å². The summed E-state index contributed by atoms with van der Waals surface area (Å²) in [4.78, 5) is 12.8. The molecular formula is C20H23NO3. The van der Waals surface area contributed by atoms with Gasteiger partial charge in [-0.15, -0.1) is 0 Å². The molecule has 1 aliphatic carbocycles. The monoisotopic (exact) mass is 325 g/mol. The minimum Gasteiger partial charge on any atom is -0.493 e. The lowest BCUT2D eigenvalue weighted by atomic mass is 9.77. The van der Waals surface area contributed by atoms with Crippen molar-refractivity contribution in [3.63, 3.8) is 0 Å². The van der Waals surface area contributed by atoms with Gasteiger partial charge < -0.3 is 14.8 Å². The summed E-state index contributed by atoms with van der Waals surface area (Å²) < 4.78 is 10.5. The van der Waals surface area contributed by atoms with Gasteiger partial charge in [0.1, 0.15) is 0 Å². The van der Waals surface area contributed by atoms with Crippen LogP contribution >= 0.6 is 0 Å². The van der Waals surface area contributed by atoms with E-state index in [2.05, 4.69) is 30.4 Å². The molecule has 2 aromatic rings. The van der Waals surface area contributed by atoms with Crippen molar-refractivity contribution in [3.05, 3.63) is 59.2 Å². The van der Waals surface area contributed by atoms with Crippen LogP contribution in [-0.4, -0.2) is 20.1 Å². The highest BCUT2D eigenvalue weighted by molar-refractivity contribution is 5.95. The van der Waals surface area contributed by atoms with E-state index in [-0.39, 0.29) is 11.4 Å². The third-order valence-corrected chi connectivity index (χ3v) is 4.77. The Bertz CT molecular complexity index is 756. The summed E-state index contributed by atoms with van der Waals surface area (Å²) in [7, 11) is 3.15. The zero-order valence-corrected chi connectivity index (χ0v) is 14.4. The van der Waals surface area contributed by atoms with Crippen LogP contribution in [0.15, 0.2) is 42.5 Å². The predicted molar refractivity (Wildman–Crippen MR) is 93.7 cm³/mol. The van der Waals surface area contributed by atoms with Gasteiger partial charge in [0.05, 0.1) is 19.8 Å². The molecule has 3 rings (SSSR count). The molecule has 1 N–H and O–H groups in total. The van der Waals surface area contributed by atoms with Crippen LogP contribution in [0.4, 0.5) is 0 Å². The van der Waals surface area contributed by atoms with Crippen molar-refractivity contribution >= 4 is 5.91 Å². The van der Waals surface area contributed by atoms with Crippen LogP contribution in [0.5, 0.6) is 11.5 Å². The zero-order valence-electron chi connectivity index (χ0n) is 14.4. The Morgan fingerprint density at radius 2 is 1.83 bits per heavy atom. The standard InChI is InChI=1S/C20H23NO3/c1-20(12-6-8-14-7-4-5-9-16(14)20)21-19(22)15-10-11-17(23-2)18(13-15)24-3/h4-5,7,9-11,13H,6,8,12H2,1-3H3,(H,21,22)/t20-/m1/s1. The topological polar surface area (TPSA) is 47.6 Å². The van der Waals surface area contributed by atoms with Crippen LogP contribution in [-0.2, 0) is 12.0 Å². The Kier molecular flexibility index (Phi) is 4.47. The molecule has 0 aliphatic heterocycles. The molecule has 0 unspecified atom stereocenters. The highest BCUT2D eigenvalue weighted by Crippen LogP contribution is 2.35. The van der Waals surface area contributed by atoms with Crippen molar-refractivity contribution in [3.8, 4) is 11.5 Å². The van der Waals surface area contributed by atoms with Crippen LogP contribution in [0.3, 0.4) is 0 Å². The van der Waals surface area contributed by atoms with Crippen molar-refractivity contribution in [1.29, 1.82) is 0 Å². The molecule has 0 heterocycles. The Morgan fingerprint density at radius 3 is 2.58 bits per heavy atom. The number of nitrogens with one attached hydrogen (secondary N) is 1. The maximum absolute atomic E-state index is 12.8. The van der Waals surface area contributed by atoms with E-state index in [4.69, 9.17) is 9.47 Å². The quantitative estimate of drug-likeness (QED) is 0.933. The number of aryl methyl sites for hydroxylation is 1. The summed E-state index contributed by atoms with van der Waals surface area (Å²) >= 11 is 0. The first-order valence-corrected chi connectivity index (χ1v) is 8.20. The molecule has 24 heavy (non-hydrogen) atoms. The number of fused-ring (bicyclic) bond motifs is 1. The van der Waals surface area contributed by atoms with Crippen LogP contribution < -0.4 is 14.8 Å². The van der Waals surface area contributed by atoms with E-state index in [9.17, 15) is 4.79 Å². The third-order valence-electron chi connectivity index (χ3n) is 4.77. The fourth-order valence-corrected chi connectivity index (χ4v) is 3.47. The predicted octanol–water partition coefficient (Wildman–Crippen LogP) is 3.69. The summed E-state index contributed by atoms with van der Waals surface area (Å²) in [6, 6.07) is 13.6. The summed E-state index contributed by atoms with van der Waals surface area (Å²) in [6.45, 7) is 2.10. The van der Waals surface area contributed by atoms with Gasteiger partial charge in [-0.1, -0.05) is 24.3 Å². The summed E-state index contributed by atoms with van der Waals surface area (Å²) in [5.74, 6) is 1.07. The number of ether oxygens (including phenoxy) is 2. The number of hydrogen-bond acceptors (Lipinski definition) is 3. The molecule has 0 saturated carbocycles. The number of hydrogen-bond donors (Lipinski definition) is 1. The molecule has 2 aromatic carbocycles. The lowest BCUT2D eigenvalue weighted by Crippen LogP contribution is -2.45. The normalized spacial score (nSPS) is 19.3. The lowest BCUT2D eigenvalue weighted by molar-refractivity contribution is 0.0894. The smallest absolute Gasteiger partial charge is 0.252 e.